The molecule has 114 valence electrons. The molecule has 1 N–H and O–H groups in total. The molecular formula is C12H21N3O5. The van der Waals surface area contributed by atoms with E-state index in [1.54, 1.807) is 27.7 Å². The van der Waals surface area contributed by atoms with Gasteiger partial charge in [-0.15, -0.1) is 0 Å². The van der Waals surface area contributed by atoms with Gasteiger partial charge in [-0.2, -0.15) is 0 Å². The quantitative estimate of drug-likeness (QED) is 0.481. The van der Waals surface area contributed by atoms with Crippen molar-refractivity contribution in [3.63, 3.8) is 0 Å². The Kier molecular flexibility index (Phi) is 4.24. The highest BCUT2D eigenvalue weighted by atomic mass is 16.8. The molecule has 0 radical (unpaired) electrons. The van der Waals surface area contributed by atoms with Gasteiger partial charge in [0.15, 0.2) is 17.9 Å². The molecule has 0 amide bonds. The van der Waals surface area contributed by atoms with E-state index < -0.39 is 30.1 Å². The summed E-state index contributed by atoms with van der Waals surface area (Å²) < 4.78 is 22.6. The summed E-state index contributed by atoms with van der Waals surface area (Å²) in [5, 5.41) is 13.5. The number of hydrogen-bond donors (Lipinski definition) is 1. The number of hydrogen-bond acceptors (Lipinski definition) is 6. The second-order valence-corrected chi connectivity index (χ2v) is 5.87. The third-order valence-corrected chi connectivity index (χ3v) is 3.23. The van der Waals surface area contributed by atoms with Crippen molar-refractivity contribution in [2.45, 2.75) is 70.3 Å². The Balaban J connectivity index is 2.09. The predicted octanol–water partition coefficient (Wildman–Crippen LogP) is 1.68. The van der Waals surface area contributed by atoms with Crippen molar-refractivity contribution in [1.29, 1.82) is 0 Å². The molecule has 2 heterocycles. The summed E-state index contributed by atoms with van der Waals surface area (Å²) in [7, 11) is 0. The Bertz CT molecular complexity index is 408. The van der Waals surface area contributed by atoms with Crippen molar-refractivity contribution in [2.75, 3.05) is 6.54 Å². The van der Waals surface area contributed by atoms with Gasteiger partial charge in [0.25, 0.3) is 0 Å². The standard InChI is InChI=1S/C12H21N3O5/c1-11(2)17-7(5-6-14-15-13)8(18-11)9-10(16)20-12(3,4)19-9/h7-10,16H,5-6H2,1-4H3. The van der Waals surface area contributed by atoms with Crippen molar-refractivity contribution in [3.8, 4) is 0 Å². The molecule has 0 bridgehead atoms. The van der Waals surface area contributed by atoms with Crippen molar-refractivity contribution in [3.05, 3.63) is 10.4 Å². The predicted molar refractivity (Wildman–Crippen MR) is 68.5 cm³/mol. The number of ether oxygens (including phenoxy) is 4. The third-order valence-electron chi connectivity index (χ3n) is 3.23. The summed E-state index contributed by atoms with van der Waals surface area (Å²) in [6.07, 6.45) is -2.02. The molecule has 2 fully saturated rings. The first-order chi connectivity index (χ1) is 9.24. The lowest BCUT2D eigenvalue weighted by Crippen LogP contribution is -2.42. The molecule has 4 atom stereocenters. The molecule has 2 saturated heterocycles. The van der Waals surface area contributed by atoms with Crippen molar-refractivity contribution >= 4 is 0 Å². The van der Waals surface area contributed by atoms with E-state index >= 15 is 0 Å². The Morgan fingerprint density at radius 1 is 1.05 bits per heavy atom. The van der Waals surface area contributed by atoms with Crippen molar-refractivity contribution in [1.82, 2.24) is 0 Å². The second kappa shape index (κ2) is 5.48. The first kappa shape index (κ1) is 15.5. The smallest absolute Gasteiger partial charge is 0.187 e. The Morgan fingerprint density at radius 3 is 2.20 bits per heavy atom. The Morgan fingerprint density at radius 2 is 1.65 bits per heavy atom. The second-order valence-electron chi connectivity index (χ2n) is 5.87. The highest BCUT2D eigenvalue weighted by molar-refractivity contribution is 4.92. The van der Waals surface area contributed by atoms with Gasteiger partial charge in [-0.25, -0.2) is 0 Å². The fourth-order valence-electron chi connectivity index (χ4n) is 2.60. The molecule has 0 spiro atoms. The minimum absolute atomic E-state index is 0.296. The molecule has 0 aliphatic carbocycles. The highest BCUT2D eigenvalue weighted by Gasteiger charge is 2.53. The monoisotopic (exact) mass is 287 g/mol. The third kappa shape index (κ3) is 3.41. The molecule has 2 aliphatic heterocycles. The maximum Gasteiger partial charge on any atom is 0.187 e. The lowest BCUT2D eigenvalue weighted by atomic mass is 10.1. The Hall–Kier alpha value is -0.890. The molecule has 2 rings (SSSR count). The zero-order valence-corrected chi connectivity index (χ0v) is 12.1. The Labute approximate surface area is 117 Å². The summed E-state index contributed by atoms with van der Waals surface area (Å²) in [6.45, 7) is 7.34. The van der Waals surface area contributed by atoms with E-state index in [1.807, 2.05) is 0 Å². The van der Waals surface area contributed by atoms with E-state index in [4.69, 9.17) is 24.5 Å². The van der Waals surface area contributed by atoms with Gasteiger partial charge in [-0.1, -0.05) is 5.11 Å². The van der Waals surface area contributed by atoms with Crippen LogP contribution in [0.2, 0.25) is 0 Å². The van der Waals surface area contributed by atoms with Crippen LogP contribution in [-0.4, -0.2) is 47.8 Å². The fraction of sp³-hybridized carbons (Fsp3) is 1.00. The molecule has 8 heteroatoms. The summed E-state index contributed by atoms with van der Waals surface area (Å²) in [5.41, 5.74) is 8.33. The maximum atomic E-state index is 9.98. The molecule has 8 nitrogen and oxygen atoms in total. The van der Waals surface area contributed by atoms with Crippen LogP contribution in [0, 0.1) is 0 Å². The summed E-state index contributed by atoms with van der Waals surface area (Å²) in [6, 6.07) is 0. The minimum atomic E-state index is -1.07. The molecular weight excluding hydrogens is 266 g/mol. The van der Waals surface area contributed by atoms with Gasteiger partial charge in [0.2, 0.25) is 0 Å². The number of rotatable bonds is 4. The molecule has 2 aliphatic rings. The van der Waals surface area contributed by atoms with Crippen LogP contribution in [0.25, 0.3) is 10.4 Å². The van der Waals surface area contributed by atoms with Gasteiger partial charge in [0, 0.05) is 11.5 Å². The average molecular weight is 287 g/mol. The SMILES string of the molecule is CC1(C)OC(O)C(C2OC(C)(C)OC2CCN=[N+]=[N-])O1. The van der Waals surface area contributed by atoms with Crippen LogP contribution in [0.3, 0.4) is 0 Å². The summed E-state index contributed by atoms with van der Waals surface area (Å²) in [5.74, 6) is -1.64. The number of azide groups is 1. The van der Waals surface area contributed by atoms with Crippen LogP contribution in [0.1, 0.15) is 34.1 Å². The van der Waals surface area contributed by atoms with E-state index in [-0.39, 0.29) is 6.10 Å². The summed E-state index contributed by atoms with van der Waals surface area (Å²) >= 11 is 0. The largest absolute Gasteiger partial charge is 0.366 e. The topological polar surface area (TPSA) is 106 Å². The van der Waals surface area contributed by atoms with Crippen LogP contribution >= 0.6 is 0 Å². The van der Waals surface area contributed by atoms with E-state index in [9.17, 15) is 5.11 Å². The van der Waals surface area contributed by atoms with E-state index in [0.717, 1.165) is 0 Å². The fourth-order valence-corrected chi connectivity index (χ4v) is 2.60. The van der Waals surface area contributed by atoms with E-state index in [0.29, 0.717) is 13.0 Å². The number of aliphatic hydroxyl groups is 1. The van der Waals surface area contributed by atoms with Crippen molar-refractivity contribution < 1.29 is 24.1 Å². The maximum absolute atomic E-state index is 9.98. The van der Waals surface area contributed by atoms with E-state index in [2.05, 4.69) is 10.0 Å². The van der Waals surface area contributed by atoms with Crippen LogP contribution in [0.15, 0.2) is 5.11 Å². The number of nitrogens with zero attached hydrogens (tertiary/aromatic N) is 3. The molecule has 4 unspecified atom stereocenters. The van der Waals surface area contributed by atoms with Crippen LogP contribution in [0.5, 0.6) is 0 Å². The van der Waals surface area contributed by atoms with Crippen LogP contribution in [0.4, 0.5) is 0 Å². The van der Waals surface area contributed by atoms with Crippen molar-refractivity contribution in [2.24, 2.45) is 5.11 Å². The van der Waals surface area contributed by atoms with Gasteiger partial charge in [-0.05, 0) is 39.6 Å². The zero-order valence-electron chi connectivity index (χ0n) is 12.1. The van der Waals surface area contributed by atoms with Crippen LogP contribution in [-0.2, 0) is 18.9 Å². The molecule has 0 aromatic rings. The lowest BCUT2D eigenvalue weighted by Gasteiger charge is -2.24. The van der Waals surface area contributed by atoms with Gasteiger partial charge >= 0.3 is 0 Å². The highest BCUT2D eigenvalue weighted by Crippen LogP contribution is 2.38. The normalized spacial score (nSPS) is 38.6. The first-order valence-electron chi connectivity index (χ1n) is 6.64. The van der Waals surface area contributed by atoms with E-state index in [1.165, 1.54) is 0 Å². The lowest BCUT2D eigenvalue weighted by molar-refractivity contribution is -0.179. The van der Waals surface area contributed by atoms with Gasteiger partial charge in [0.05, 0.1) is 6.10 Å². The first-order valence-corrected chi connectivity index (χ1v) is 6.64. The molecule has 0 aromatic carbocycles. The molecule has 0 saturated carbocycles. The molecule has 20 heavy (non-hydrogen) atoms. The van der Waals surface area contributed by atoms with Gasteiger partial charge < -0.3 is 24.1 Å². The average Bonchev–Trinajstić information content (AvgIpc) is 2.75. The zero-order chi connectivity index (χ0) is 15.0. The number of aliphatic hydroxyl groups excluding tert-OH is 1. The molecule has 0 aromatic heterocycles. The van der Waals surface area contributed by atoms with Gasteiger partial charge in [0.1, 0.15) is 12.2 Å². The van der Waals surface area contributed by atoms with Gasteiger partial charge in [-0.3, -0.25) is 0 Å². The minimum Gasteiger partial charge on any atom is -0.366 e. The van der Waals surface area contributed by atoms with Crippen LogP contribution < -0.4 is 0 Å². The summed E-state index contributed by atoms with van der Waals surface area (Å²) in [4.78, 5) is 2.72.